The van der Waals surface area contributed by atoms with Gasteiger partial charge in [-0.3, -0.25) is 0 Å². The number of para-hydroxylation sites is 1. The van der Waals surface area contributed by atoms with Crippen LogP contribution in [0.15, 0.2) is 212 Å². The summed E-state index contributed by atoms with van der Waals surface area (Å²) in [6, 6.07) is 70.2. The van der Waals surface area contributed by atoms with Crippen molar-refractivity contribution in [2.75, 3.05) is 4.90 Å². The van der Waals surface area contributed by atoms with Crippen molar-refractivity contribution in [2.24, 2.45) is 0 Å². The molecule has 0 bridgehead atoms. The van der Waals surface area contributed by atoms with Crippen LogP contribution in [0.2, 0.25) is 0 Å². The minimum absolute atomic E-state index is 0.0848. The van der Waals surface area contributed by atoms with E-state index in [4.69, 9.17) is 4.74 Å². The number of ether oxygens (including phenoxy) is 1. The smallest absolute Gasteiger partial charge is 0.135 e. The van der Waals surface area contributed by atoms with Gasteiger partial charge in [0.1, 0.15) is 11.9 Å². The summed E-state index contributed by atoms with van der Waals surface area (Å²) in [5.74, 6) is 1.15. The molecular formula is C54H37NOS. The maximum atomic E-state index is 6.71. The third-order valence-electron chi connectivity index (χ3n) is 11.5. The number of allylic oxidation sites excluding steroid dienone is 2. The Hall–Kier alpha value is -6.94. The lowest BCUT2D eigenvalue weighted by Crippen LogP contribution is -2.22. The molecule has 0 spiro atoms. The molecule has 2 heterocycles. The highest BCUT2D eigenvalue weighted by Gasteiger charge is 2.37. The highest BCUT2D eigenvalue weighted by molar-refractivity contribution is 7.26. The van der Waals surface area contributed by atoms with Gasteiger partial charge in [-0.2, -0.15) is 0 Å². The van der Waals surface area contributed by atoms with Gasteiger partial charge in [0.15, 0.2) is 0 Å². The molecule has 0 amide bonds. The molecule has 1 aromatic heterocycles. The summed E-state index contributed by atoms with van der Waals surface area (Å²) < 4.78 is 9.27. The van der Waals surface area contributed by atoms with Crippen LogP contribution in [-0.4, -0.2) is 6.10 Å². The third-order valence-corrected chi connectivity index (χ3v) is 12.7. The SMILES string of the molecule is C1=CC2c3ccccc3OC2C(c2ccc(N(c3ccc(-c4ccc(-c5ccccc5)cc4)cc3)c3cccc4c3sc3ccccc34)cc2-c2ccccc2)=C1. The fraction of sp³-hybridized carbons (Fsp3) is 0.0370. The molecule has 2 atom stereocenters. The number of hydrogen-bond donors (Lipinski definition) is 0. The summed E-state index contributed by atoms with van der Waals surface area (Å²) in [6.45, 7) is 0. The number of nitrogens with zero attached hydrogens (tertiary/aromatic N) is 1. The van der Waals surface area contributed by atoms with Crippen LogP contribution in [0, 0.1) is 0 Å². The molecule has 0 saturated carbocycles. The maximum Gasteiger partial charge on any atom is 0.135 e. The Morgan fingerprint density at radius 2 is 1.09 bits per heavy atom. The molecule has 57 heavy (non-hydrogen) atoms. The van der Waals surface area contributed by atoms with Crippen LogP contribution in [-0.2, 0) is 0 Å². The van der Waals surface area contributed by atoms with E-state index in [1.54, 1.807) is 0 Å². The lowest BCUT2D eigenvalue weighted by molar-refractivity contribution is 0.278. The first kappa shape index (κ1) is 33.4. The van der Waals surface area contributed by atoms with E-state index in [1.807, 2.05) is 11.3 Å². The van der Waals surface area contributed by atoms with Crippen LogP contribution in [0.25, 0.3) is 59.1 Å². The zero-order valence-corrected chi connectivity index (χ0v) is 31.9. The van der Waals surface area contributed by atoms with Crippen molar-refractivity contribution in [3.05, 3.63) is 223 Å². The van der Waals surface area contributed by atoms with Gasteiger partial charge in [-0.15, -0.1) is 11.3 Å². The normalized spacial score (nSPS) is 15.5. The molecule has 0 fully saturated rings. The third kappa shape index (κ3) is 5.87. The average molecular weight is 748 g/mol. The number of anilines is 3. The molecular weight excluding hydrogens is 711 g/mol. The average Bonchev–Trinajstić information content (AvgIpc) is 3.87. The maximum absolute atomic E-state index is 6.71. The van der Waals surface area contributed by atoms with Gasteiger partial charge in [0.25, 0.3) is 0 Å². The molecule has 0 saturated heterocycles. The first-order valence-electron chi connectivity index (χ1n) is 19.6. The van der Waals surface area contributed by atoms with E-state index in [1.165, 1.54) is 70.3 Å². The van der Waals surface area contributed by atoms with Crippen molar-refractivity contribution in [3.63, 3.8) is 0 Å². The molecule has 1 aliphatic carbocycles. The first-order valence-corrected chi connectivity index (χ1v) is 20.4. The summed E-state index contributed by atoms with van der Waals surface area (Å²) >= 11 is 1.86. The lowest BCUT2D eigenvalue weighted by atomic mass is 9.82. The summed E-state index contributed by atoms with van der Waals surface area (Å²) in [6.07, 6.45) is 6.65. The van der Waals surface area contributed by atoms with Crippen molar-refractivity contribution >= 4 is 54.1 Å². The Kier molecular flexibility index (Phi) is 8.19. The minimum atomic E-state index is -0.0848. The number of hydrogen-bond acceptors (Lipinski definition) is 3. The van der Waals surface area contributed by atoms with Crippen LogP contribution in [0.5, 0.6) is 5.75 Å². The predicted octanol–water partition coefficient (Wildman–Crippen LogP) is 15.0. The zero-order valence-electron chi connectivity index (χ0n) is 31.1. The van der Waals surface area contributed by atoms with E-state index in [9.17, 15) is 0 Å². The fourth-order valence-electron chi connectivity index (χ4n) is 8.72. The summed E-state index contributed by atoms with van der Waals surface area (Å²) in [7, 11) is 0. The van der Waals surface area contributed by atoms with Crippen molar-refractivity contribution in [1.82, 2.24) is 0 Å². The van der Waals surface area contributed by atoms with Crippen molar-refractivity contribution in [3.8, 4) is 39.1 Å². The Morgan fingerprint density at radius 1 is 0.474 bits per heavy atom. The number of rotatable bonds is 7. The molecule has 1 aliphatic heterocycles. The molecule has 0 N–H and O–H groups in total. The Labute approximate surface area is 336 Å². The highest BCUT2D eigenvalue weighted by atomic mass is 32.1. The van der Waals surface area contributed by atoms with Gasteiger partial charge in [0.2, 0.25) is 0 Å². The summed E-state index contributed by atoms with van der Waals surface area (Å²) in [5.41, 5.74) is 14.2. The first-order chi connectivity index (χ1) is 28.3. The Bertz CT molecular complexity index is 2980. The van der Waals surface area contributed by atoms with Crippen molar-refractivity contribution < 1.29 is 4.74 Å². The van der Waals surface area contributed by atoms with Gasteiger partial charge in [0.05, 0.1) is 10.4 Å². The zero-order chi connectivity index (χ0) is 37.7. The molecule has 2 aliphatic rings. The van der Waals surface area contributed by atoms with Gasteiger partial charge in [0, 0.05) is 43.9 Å². The predicted molar refractivity (Wildman–Crippen MR) is 241 cm³/mol. The molecule has 3 heteroatoms. The van der Waals surface area contributed by atoms with E-state index in [0.29, 0.717) is 0 Å². The van der Waals surface area contributed by atoms with E-state index >= 15 is 0 Å². The minimum Gasteiger partial charge on any atom is -0.484 e. The molecule has 270 valence electrons. The van der Waals surface area contributed by atoms with Gasteiger partial charge in [-0.05, 0) is 81.4 Å². The molecule has 0 radical (unpaired) electrons. The van der Waals surface area contributed by atoms with Gasteiger partial charge in [-0.1, -0.05) is 170 Å². The van der Waals surface area contributed by atoms with E-state index < -0.39 is 0 Å². The molecule has 8 aromatic carbocycles. The van der Waals surface area contributed by atoms with E-state index in [2.05, 4.69) is 217 Å². The number of thiophene rings is 1. The second-order valence-corrected chi connectivity index (χ2v) is 15.8. The highest BCUT2D eigenvalue weighted by Crippen LogP contribution is 2.50. The number of benzene rings is 8. The van der Waals surface area contributed by atoms with E-state index in [-0.39, 0.29) is 12.0 Å². The van der Waals surface area contributed by atoms with E-state index in [0.717, 1.165) is 22.8 Å². The van der Waals surface area contributed by atoms with Crippen molar-refractivity contribution in [1.29, 1.82) is 0 Å². The van der Waals surface area contributed by atoms with Gasteiger partial charge < -0.3 is 9.64 Å². The quantitative estimate of drug-likeness (QED) is 0.161. The summed E-state index contributed by atoms with van der Waals surface area (Å²) in [4.78, 5) is 2.44. The van der Waals surface area contributed by atoms with Crippen LogP contribution < -0.4 is 9.64 Å². The van der Waals surface area contributed by atoms with Crippen LogP contribution in [0.3, 0.4) is 0 Å². The largest absolute Gasteiger partial charge is 0.484 e. The monoisotopic (exact) mass is 747 g/mol. The number of fused-ring (bicyclic) bond motifs is 6. The second kappa shape index (κ2) is 14.0. The Morgan fingerprint density at radius 3 is 1.86 bits per heavy atom. The molecule has 2 nitrogen and oxygen atoms in total. The Balaban J connectivity index is 1.05. The van der Waals surface area contributed by atoms with Crippen molar-refractivity contribution in [2.45, 2.75) is 12.0 Å². The van der Waals surface area contributed by atoms with Gasteiger partial charge in [-0.25, -0.2) is 0 Å². The molecule has 11 rings (SSSR count). The summed E-state index contributed by atoms with van der Waals surface area (Å²) in [5, 5.41) is 2.56. The molecule has 2 unspecified atom stereocenters. The molecule has 9 aromatic rings. The topological polar surface area (TPSA) is 12.5 Å². The fourth-order valence-corrected chi connectivity index (χ4v) is 9.92. The van der Waals surface area contributed by atoms with Crippen LogP contribution >= 0.6 is 11.3 Å². The van der Waals surface area contributed by atoms with Gasteiger partial charge >= 0.3 is 0 Å². The second-order valence-electron chi connectivity index (χ2n) is 14.8. The van der Waals surface area contributed by atoms with Crippen LogP contribution in [0.4, 0.5) is 17.1 Å². The lowest BCUT2D eigenvalue weighted by Gasteiger charge is -2.29. The van der Waals surface area contributed by atoms with Crippen LogP contribution in [0.1, 0.15) is 17.0 Å². The standard InChI is InChI=1S/C54H37NOS/c1-3-13-36(14-4-1)37-25-27-38(28-26-37)39-29-31-41(32-30-39)55(50-22-12-21-48-45-18-8-10-24-52(45)57-54(48)50)42-33-34-43(49(35-42)40-15-5-2-6-16-40)46-19-11-20-47-44-17-7-9-23-51(44)56-53(46)47/h1-35,47,53H.